The van der Waals surface area contributed by atoms with Crippen molar-refractivity contribution in [1.82, 2.24) is 9.80 Å². The zero-order chi connectivity index (χ0) is 15.4. The van der Waals surface area contributed by atoms with Crippen LogP contribution in [0.3, 0.4) is 0 Å². The van der Waals surface area contributed by atoms with Crippen LogP contribution in [-0.2, 0) is 9.59 Å². The molecule has 0 radical (unpaired) electrons. The highest BCUT2D eigenvalue weighted by Gasteiger charge is 2.26. The van der Waals surface area contributed by atoms with E-state index in [4.69, 9.17) is 4.74 Å². The van der Waals surface area contributed by atoms with Gasteiger partial charge in [0.05, 0.1) is 24.8 Å². The van der Waals surface area contributed by atoms with Gasteiger partial charge < -0.3 is 14.5 Å². The first-order chi connectivity index (χ1) is 10.0. The van der Waals surface area contributed by atoms with Gasteiger partial charge in [-0.15, -0.1) is 11.8 Å². The second kappa shape index (κ2) is 6.85. The van der Waals surface area contributed by atoms with E-state index >= 15 is 0 Å². The van der Waals surface area contributed by atoms with Crippen LogP contribution in [-0.4, -0.2) is 53.9 Å². The van der Waals surface area contributed by atoms with Crippen LogP contribution in [0.4, 0.5) is 0 Å². The van der Waals surface area contributed by atoms with Crippen molar-refractivity contribution in [2.75, 3.05) is 32.3 Å². The number of carbonyl (C=O) groups is 2. The molecule has 1 aliphatic heterocycles. The van der Waals surface area contributed by atoms with Crippen molar-refractivity contribution < 1.29 is 14.3 Å². The van der Waals surface area contributed by atoms with Gasteiger partial charge in [0.2, 0.25) is 11.8 Å². The summed E-state index contributed by atoms with van der Waals surface area (Å²) in [4.78, 5) is 27.1. The molecular weight excluding hydrogens is 288 g/mol. The SMILES string of the molecule is COc1ccc(C(C)N(C)C(=O)CN2CSCC2=O)cc1. The molecule has 5 nitrogen and oxygen atoms in total. The average molecular weight is 308 g/mol. The molecule has 2 amide bonds. The Hall–Kier alpha value is -1.69. The van der Waals surface area contributed by atoms with E-state index in [1.807, 2.05) is 31.2 Å². The van der Waals surface area contributed by atoms with Gasteiger partial charge in [-0.05, 0) is 24.6 Å². The summed E-state index contributed by atoms with van der Waals surface area (Å²) >= 11 is 1.54. The summed E-state index contributed by atoms with van der Waals surface area (Å²) < 4.78 is 5.13. The van der Waals surface area contributed by atoms with Crippen LogP contribution >= 0.6 is 11.8 Å². The maximum atomic E-state index is 12.3. The number of hydrogen-bond donors (Lipinski definition) is 0. The molecule has 1 unspecified atom stereocenters. The fraction of sp³-hybridized carbons (Fsp3) is 0.467. The van der Waals surface area contributed by atoms with Gasteiger partial charge in [0.25, 0.3) is 0 Å². The molecule has 0 spiro atoms. The lowest BCUT2D eigenvalue weighted by Gasteiger charge is -2.27. The third-order valence-electron chi connectivity index (χ3n) is 3.72. The second-order valence-corrected chi connectivity index (χ2v) is 5.98. The summed E-state index contributed by atoms with van der Waals surface area (Å²) in [6.45, 7) is 2.13. The monoisotopic (exact) mass is 308 g/mol. The molecule has 0 N–H and O–H groups in total. The largest absolute Gasteiger partial charge is 0.497 e. The number of ether oxygens (including phenoxy) is 1. The van der Waals surface area contributed by atoms with E-state index in [1.54, 1.807) is 35.7 Å². The van der Waals surface area contributed by atoms with Crippen LogP contribution in [0.5, 0.6) is 5.75 Å². The Labute approximate surface area is 129 Å². The van der Waals surface area contributed by atoms with Crippen LogP contribution in [0.25, 0.3) is 0 Å². The highest BCUT2D eigenvalue weighted by Crippen LogP contribution is 2.22. The van der Waals surface area contributed by atoms with Gasteiger partial charge in [0, 0.05) is 7.05 Å². The topological polar surface area (TPSA) is 49.9 Å². The molecule has 0 bridgehead atoms. The first kappa shape index (κ1) is 15.7. The van der Waals surface area contributed by atoms with Crippen molar-refractivity contribution >= 4 is 23.6 Å². The smallest absolute Gasteiger partial charge is 0.242 e. The van der Waals surface area contributed by atoms with E-state index in [2.05, 4.69) is 0 Å². The molecule has 114 valence electrons. The number of likely N-dealkylation sites (N-methyl/N-ethyl adjacent to an activating group) is 1. The maximum Gasteiger partial charge on any atom is 0.242 e. The highest BCUT2D eigenvalue weighted by atomic mass is 32.2. The third kappa shape index (κ3) is 3.69. The lowest BCUT2D eigenvalue weighted by Crippen LogP contribution is -2.40. The van der Waals surface area contributed by atoms with Gasteiger partial charge in [-0.3, -0.25) is 9.59 Å². The Morgan fingerprint density at radius 1 is 1.43 bits per heavy atom. The summed E-state index contributed by atoms with van der Waals surface area (Å²) in [6.07, 6.45) is 0. The van der Waals surface area contributed by atoms with Crippen LogP contribution in [0.1, 0.15) is 18.5 Å². The van der Waals surface area contributed by atoms with E-state index in [-0.39, 0.29) is 24.4 Å². The van der Waals surface area contributed by atoms with Crippen molar-refractivity contribution in [2.24, 2.45) is 0 Å². The summed E-state index contributed by atoms with van der Waals surface area (Å²) in [6, 6.07) is 7.61. The maximum absolute atomic E-state index is 12.3. The Morgan fingerprint density at radius 2 is 2.10 bits per heavy atom. The van der Waals surface area contributed by atoms with Gasteiger partial charge in [-0.2, -0.15) is 0 Å². The van der Waals surface area contributed by atoms with E-state index in [9.17, 15) is 9.59 Å². The van der Waals surface area contributed by atoms with Crippen LogP contribution in [0.2, 0.25) is 0 Å². The number of nitrogens with zero attached hydrogens (tertiary/aromatic N) is 2. The molecule has 2 rings (SSSR count). The normalized spacial score (nSPS) is 16.0. The summed E-state index contributed by atoms with van der Waals surface area (Å²) in [5.74, 6) is 1.87. The van der Waals surface area contributed by atoms with Crippen LogP contribution < -0.4 is 4.74 Å². The summed E-state index contributed by atoms with van der Waals surface area (Å²) in [5.41, 5.74) is 1.04. The zero-order valence-electron chi connectivity index (χ0n) is 12.5. The number of rotatable bonds is 5. The van der Waals surface area contributed by atoms with E-state index in [0.717, 1.165) is 11.3 Å². The zero-order valence-corrected chi connectivity index (χ0v) is 13.4. The molecule has 1 saturated heterocycles. The van der Waals surface area contributed by atoms with E-state index < -0.39 is 0 Å². The van der Waals surface area contributed by atoms with Gasteiger partial charge in [0.1, 0.15) is 12.3 Å². The molecule has 1 aromatic rings. The van der Waals surface area contributed by atoms with Crippen LogP contribution in [0.15, 0.2) is 24.3 Å². The molecule has 1 aromatic carbocycles. The van der Waals surface area contributed by atoms with Crippen molar-refractivity contribution in [3.63, 3.8) is 0 Å². The van der Waals surface area contributed by atoms with Gasteiger partial charge in [0.15, 0.2) is 0 Å². The fourth-order valence-corrected chi connectivity index (χ4v) is 3.04. The molecule has 1 fully saturated rings. The first-order valence-corrected chi connectivity index (χ1v) is 7.93. The predicted octanol–water partition coefficient (Wildman–Crippen LogP) is 1.75. The number of thioether (sulfide) groups is 1. The summed E-state index contributed by atoms with van der Waals surface area (Å²) in [5, 5.41) is 0. The second-order valence-electron chi connectivity index (χ2n) is 5.02. The fourth-order valence-electron chi connectivity index (χ4n) is 2.14. The predicted molar refractivity (Wildman–Crippen MR) is 83.2 cm³/mol. The number of carbonyl (C=O) groups excluding carboxylic acids is 2. The van der Waals surface area contributed by atoms with Crippen molar-refractivity contribution in [3.05, 3.63) is 29.8 Å². The molecule has 0 aromatic heterocycles. The Morgan fingerprint density at radius 3 is 2.62 bits per heavy atom. The molecule has 0 saturated carbocycles. The number of benzene rings is 1. The lowest BCUT2D eigenvalue weighted by molar-refractivity contribution is -0.138. The molecule has 1 aliphatic rings. The summed E-state index contributed by atoms with van der Waals surface area (Å²) in [7, 11) is 3.39. The van der Waals surface area contributed by atoms with Crippen molar-refractivity contribution in [2.45, 2.75) is 13.0 Å². The van der Waals surface area contributed by atoms with E-state index in [1.165, 1.54) is 0 Å². The van der Waals surface area contributed by atoms with E-state index in [0.29, 0.717) is 11.6 Å². The lowest BCUT2D eigenvalue weighted by atomic mass is 10.1. The number of methoxy groups -OCH3 is 1. The molecule has 0 aliphatic carbocycles. The average Bonchev–Trinajstić information content (AvgIpc) is 2.91. The molecular formula is C15H20N2O3S. The number of hydrogen-bond acceptors (Lipinski definition) is 4. The third-order valence-corrected chi connectivity index (χ3v) is 4.67. The minimum Gasteiger partial charge on any atom is -0.497 e. The van der Waals surface area contributed by atoms with Gasteiger partial charge in [-0.1, -0.05) is 12.1 Å². The Bertz CT molecular complexity index is 518. The highest BCUT2D eigenvalue weighted by molar-refractivity contribution is 8.00. The molecule has 1 atom stereocenters. The van der Waals surface area contributed by atoms with Gasteiger partial charge >= 0.3 is 0 Å². The van der Waals surface area contributed by atoms with Crippen molar-refractivity contribution in [3.8, 4) is 5.75 Å². The quantitative estimate of drug-likeness (QED) is 0.831. The first-order valence-electron chi connectivity index (χ1n) is 6.78. The van der Waals surface area contributed by atoms with Crippen LogP contribution in [0, 0.1) is 0 Å². The molecule has 1 heterocycles. The van der Waals surface area contributed by atoms with Crippen molar-refractivity contribution in [1.29, 1.82) is 0 Å². The van der Waals surface area contributed by atoms with Gasteiger partial charge in [-0.25, -0.2) is 0 Å². The Kier molecular flexibility index (Phi) is 5.12. The molecule has 6 heteroatoms. The molecule has 21 heavy (non-hydrogen) atoms. The minimum atomic E-state index is -0.0474. The Balaban J connectivity index is 1.98. The minimum absolute atomic E-state index is 0.0406. The number of amides is 2. The standard InChI is InChI=1S/C15H20N2O3S/c1-11(12-4-6-13(20-3)7-5-12)16(2)14(18)8-17-10-21-9-15(17)19/h4-7,11H,8-10H2,1-3H3.